The molecule has 0 saturated carbocycles. The molecule has 2 aliphatic rings. The van der Waals surface area contributed by atoms with Crippen LogP contribution in [0.1, 0.15) is 22.3 Å². The lowest BCUT2D eigenvalue weighted by molar-refractivity contribution is -0.151. The van der Waals surface area contributed by atoms with Crippen molar-refractivity contribution in [2.24, 2.45) is 0 Å². The number of rotatable bonds is 3. The van der Waals surface area contributed by atoms with Gasteiger partial charge in [0.1, 0.15) is 11.8 Å². The van der Waals surface area contributed by atoms with Crippen molar-refractivity contribution < 1.29 is 19.4 Å². The van der Waals surface area contributed by atoms with Crippen LogP contribution in [0.5, 0.6) is 5.75 Å². The molecule has 0 aliphatic carbocycles. The van der Waals surface area contributed by atoms with Gasteiger partial charge in [-0.15, -0.1) is 0 Å². The van der Waals surface area contributed by atoms with Gasteiger partial charge in [-0.05, 0) is 28.3 Å². The number of hydrogen-bond acceptors (Lipinski definition) is 3. The number of nitrogens with zero attached hydrogens (tertiary/aromatic N) is 1. The molecule has 2 aliphatic heterocycles. The number of hydrogen-bond donors (Lipinski definition) is 1. The van der Waals surface area contributed by atoms with Gasteiger partial charge in [0, 0.05) is 19.4 Å². The fourth-order valence-electron chi connectivity index (χ4n) is 3.63. The van der Waals surface area contributed by atoms with Gasteiger partial charge in [-0.2, -0.15) is 0 Å². The quantitative estimate of drug-likeness (QED) is 0.932. The van der Waals surface area contributed by atoms with Crippen LogP contribution >= 0.6 is 0 Å². The van der Waals surface area contributed by atoms with Crippen molar-refractivity contribution >= 4 is 11.9 Å². The Bertz CT molecular complexity index is 845. The van der Waals surface area contributed by atoms with Gasteiger partial charge >= 0.3 is 5.97 Å². The second-order valence-electron chi connectivity index (χ2n) is 6.57. The van der Waals surface area contributed by atoms with Crippen LogP contribution in [0, 0.1) is 0 Å². The fourth-order valence-corrected chi connectivity index (χ4v) is 3.63. The topological polar surface area (TPSA) is 66.8 Å². The number of aliphatic carboxylic acids is 1. The van der Waals surface area contributed by atoms with Crippen LogP contribution in [0.4, 0.5) is 0 Å². The standard InChI is InChI=1S/C20H19NO4/c22-19(10-13-5-6-18-15(9-13)7-8-25-18)21-12-16-4-2-1-3-14(16)11-17(21)20(23)24/h1-6,9,17H,7-8,10-12H2,(H,23,24). The lowest BCUT2D eigenvalue weighted by Crippen LogP contribution is -2.49. The Morgan fingerprint density at radius 2 is 1.92 bits per heavy atom. The largest absolute Gasteiger partial charge is 0.493 e. The fraction of sp³-hybridized carbons (Fsp3) is 0.300. The van der Waals surface area contributed by atoms with Gasteiger partial charge in [0.05, 0.1) is 13.0 Å². The van der Waals surface area contributed by atoms with E-state index in [0.717, 1.165) is 34.4 Å². The third-order valence-electron chi connectivity index (χ3n) is 4.96. The number of carboxylic acid groups (broad SMARTS) is 1. The van der Waals surface area contributed by atoms with Crippen LogP contribution in [0.25, 0.3) is 0 Å². The van der Waals surface area contributed by atoms with Crippen LogP contribution in [0.3, 0.4) is 0 Å². The van der Waals surface area contributed by atoms with Crippen molar-refractivity contribution in [2.75, 3.05) is 6.61 Å². The first-order valence-electron chi connectivity index (χ1n) is 8.45. The number of ether oxygens (including phenoxy) is 1. The van der Waals surface area contributed by atoms with E-state index in [0.29, 0.717) is 19.6 Å². The molecule has 2 aromatic rings. The highest BCUT2D eigenvalue weighted by Gasteiger charge is 2.34. The third-order valence-corrected chi connectivity index (χ3v) is 4.96. The first-order valence-corrected chi connectivity index (χ1v) is 8.45. The SMILES string of the molecule is O=C(O)C1Cc2ccccc2CN1C(=O)Cc1ccc2c(c1)CCO2. The van der Waals surface area contributed by atoms with Crippen LogP contribution in [0.15, 0.2) is 42.5 Å². The van der Waals surface area contributed by atoms with E-state index in [4.69, 9.17) is 4.74 Å². The molecule has 1 atom stereocenters. The van der Waals surface area contributed by atoms with E-state index < -0.39 is 12.0 Å². The Balaban J connectivity index is 1.56. The Hall–Kier alpha value is -2.82. The van der Waals surface area contributed by atoms with E-state index in [9.17, 15) is 14.7 Å². The highest BCUT2D eigenvalue weighted by molar-refractivity contribution is 5.86. The Morgan fingerprint density at radius 1 is 1.12 bits per heavy atom. The number of carbonyl (C=O) groups excluding carboxylic acids is 1. The summed E-state index contributed by atoms with van der Waals surface area (Å²) in [4.78, 5) is 26.0. The average molecular weight is 337 g/mol. The van der Waals surface area contributed by atoms with Gasteiger partial charge < -0.3 is 14.7 Å². The van der Waals surface area contributed by atoms with Gasteiger partial charge in [0.15, 0.2) is 0 Å². The highest BCUT2D eigenvalue weighted by atomic mass is 16.5. The van der Waals surface area contributed by atoms with Crippen LogP contribution in [-0.4, -0.2) is 34.5 Å². The normalized spacial score (nSPS) is 18.2. The van der Waals surface area contributed by atoms with Gasteiger partial charge in [-0.25, -0.2) is 4.79 Å². The van der Waals surface area contributed by atoms with E-state index in [1.807, 2.05) is 42.5 Å². The molecule has 0 saturated heterocycles. The third kappa shape index (κ3) is 2.97. The van der Waals surface area contributed by atoms with Crippen molar-refractivity contribution in [1.82, 2.24) is 4.90 Å². The molecular weight excluding hydrogens is 318 g/mol. The van der Waals surface area contributed by atoms with Gasteiger partial charge in [-0.1, -0.05) is 36.4 Å². The molecule has 2 heterocycles. The second-order valence-corrected chi connectivity index (χ2v) is 6.57. The van der Waals surface area contributed by atoms with Crippen LogP contribution in [-0.2, 0) is 35.4 Å². The minimum absolute atomic E-state index is 0.152. The van der Waals surface area contributed by atoms with Crippen LogP contribution < -0.4 is 4.74 Å². The maximum atomic E-state index is 12.8. The summed E-state index contributed by atoms with van der Waals surface area (Å²) in [6.45, 7) is 1.02. The van der Waals surface area contributed by atoms with Crippen molar-refractivity contribution in [3.05, 3.63) is 64.7 Å². The van der Waals surface area contributed by atoms with Crippen molar-refractivity contribution in [3.8, 4) is 5.75 Å². The number of carboxylic acids is 1. The highest BCUT2D eigenvalue weighted by Crippen LogP contribution is 2.27. The Labute approximate surface area is 145 Å². The van der Waals surface area contributed by atoms with Gasteiger partial charge in [0.25, 0.3) is 0 Å². The average Bonchev–Trinajstić information content (AvgIpc) is 3.08. The molecule has 1 unspecified atom stereocenters. The molecule has 0 spiro atoms. The molecule has 25 heavy (non-hydrogen) atoms. The summed E-state index contributed by atoms with van der Waals surface area (Å²) in [5.74, 6) is -0.225. The summed E-state index contributed by atoms with van der Waals surface area (Å²) in [7, 11) is 0. The molecule has 0 bridgehead atoms. The smallest absolute Gasteiger partial charge is 0.326 e. The first kappa shape index (κ1) is 15.7. The zero-order valence-electron chi connectivity index (χ0n) is 13.8. The summed E-state index contributed by atoms with van der Waals surface area (Å²) >= 11 is 0. The van der Waals surface area contributed by atoms with E-state index in [2.05, 4.69) is 0 Å². The summed E-state index contributed by atoms with van der Waals surface area (Å²) in [6.07, 6.45) is 1.42. The first-order chi connectivity index (χ1) is 12.1. The van der Waals surface area contributed by atoms with Gasteiger partial charge in [-0.3, -0.25) is 4.79 Å². The summed E-state index contributed by atoms with van der Waals surface area (Å²) < 4.78 is 5.49. The molecule has 0 aromatic heterocycles. The maximum Gasteiger partial charge on any atom is 0.326 e. The number of carbonyl (C=O) groups is 2. The molecule has 1 N–H and O–H groups in total. The Kier molecular flexibility index (Phi) is 3.92. The van der Waals surface area contributed by atoms with Gasteiger partial charge in [0.2, 0.25) is 5.91 Å². The number of fused-ring (bicyclic) bond motifs is 2. The molecule has 5 heteroatoms. The van der Waals surface area contributed by atoms with E-state index >= 15 is 0 Å². The predicted octanol–water partition coefficient (Wildman–Crippen LogP) is 2.20. The molecule has 4 rings (SSSR count). The van der Waals surface area contributed by atoms with E-state index in [1.165, 1.54) is 4.90 Å². The van der Waals surface area contributed by atoms with Crippen molar-refractivity contribution in [2.45, 2.75) is 31.8 Å². The Morgan fingerprint density at radius 3 is 2.72 bits per heavy atom. The maximum absolute atomic E-state index is 12.8. The molecular formula is C20H19NO4. The second kappa shape index (κ2) is 6.24. The zero-order chi connectivity index (χ0) is 17.4. The molecule has 5 nitrogen and oxygen atoms in total. The summed E-state index contributed by atoms with van der Waals surface area (Å²) in [5, 5.41) is 9.57. The lowest BCUT2D eigenvalue weighted by atomic mass is 9.93. The summed E-state index contributed by atoms with van der Waals surface area (Å²) in [6, 6.07) is 12.7. The zero-order valence-corrected chi connectivity index (χ0v) is 13.8. The lowest BCUT2D eigenvalue weighted by Gasteiger charge is -2.34. The van der Waals surface area contributed by atoms with E-state index in [1.54, 1.807) is 0 Å². The minimum Gasteiger partial charge on any atom is -0.493 e. The molecule has 1 amide bonds. The predicted molar refractivity (Wildman–Crippen MR) is 91.5 cm³/mol. The minimum atomic E-state index is -0.954. The molecule has 128 valence electrons. The molecule has 2 aromatic carbocycles. The number of benzene rings is 2. The van der Waals surface area contributed by atoms with Crippen molar-refractivity contribution in [1.29, 1.82) is 0 Å². The van der Waals surface area contributed by atoms with Crippen molar-refractivity contribution in [3.63, 3.8) is 0 Å². The monoisotopic (exact) mass is 337 g/mol. The molecule has 0 fully saturated rings. The van der Waals surface area contributed by atoms with E-state index in [-0.39, 0.29) is 12.3 Å². The number of amides is 1. The van der Waals surface area contributed by atoms with Crippen LogP contribution in [0.2, 0.25) is 0 Å². The summed E-state index contributed by atoms with van der Waals surface area (Å²) in [5.41, 5.74) is 4.05. The molecule has 0 radical (unpaired) electrons.